The summed E-state index contributed by atoms with van der Waals surface area (Å²) in [6, 6.07) is -0.465. The molecule has 1 atom stereocenters. The van der Waals surface area contributed by atoms with Crippen molar-refractivity contribution in [3.8, 4) is 0 Å². The van der Waals surface area contributed by atoms with E-state index in [0.717, 1.165) is 23.5 Å². The number of rotatable bonds is 4. The van der Waals surface area contributed by atoms with E-state index in [4.69, 9.17) is 4.74 Å². The third-order valence-corrected chi connectivity index (χ3v) is 4.45. The van der Waals surface area contributed by atoms with Gasteiger partial charge in [0.2, 0.25) is 5.91 Å². The number of ether oxygens (including phenoxy) is 1. The number of methoxy groups -OCH3 is 1. The normalized spacial score (nSPS) is 18.3. The fourth-order valence-electron chi connectivity index (χ4n) is 2.47. The number of nitrogens with zero attached hydrogens (tertiary/aromatic N) is 2. The van der Waals surface area contributed by atoms with Gasteiger partial charge < -0.3 is 14.2 Å². The molecule has 0 aliphatic carbocycles. The van der Waals surface area contributed by atoms with Gasteiger partial charge in [-0.1, -0.05) is 11.3 Å². The second-order valence-electron chi connectivity index (χ2n) is 4.81. The van der Waals surface area contributed by atoms with Gasteiger partial charge in [0.05, 0.1) is 7.11 Å². The first-order chi connectivity index (χ1) is 9.54. The van der Waals surface area contributed by atoms with Crippen LogP contribution in [0.5, 0.6) is 0 Å². The molecule has 1 aliphatic rings. The van der Waals surface area contributed by atoms with Gasteiger partial charge in [0.15, 0.2) is 0 Å². The summed E-state index contributed by atoms with van der Waals surface area (Å²) in [6.07, 6.45) is 1.68. The monoisotopic (exact) mass is 298 g/mol. The summed E-state index contributed by atoms with van der Waals surface area (Å²) in [7, 11) is 1.33. The highest BCUT2D eigenvalue weighted by molar-refractivity contribution is 7.07. The first-order valence-corrected chi connectivity index (χ1v) is 7.44. The van der Waals surface area contributed by atoms with Gasteiger partial charge in [0, 0.05) is 30.6 Å². The van der Waals surface area contributed by atoms with Crippen molar-refractivity contribution in [1.29, 1.82) is 0 Å². The Bertz CT molecular complexity index is 563. The average molecular weight is 298 g/mol. The SMILES string of the molecule is COC(=O)C1CCCN1C(=O)CCn1c(C)csc1=O. The fraction of sp³-hybridized carbons (Fsp3) is 0.615. The maximum atomic E-state index is 12.2. The van der Waals surface area contributed by atoms with Crippen LogP contribution in [0.25, 0.3) is 0 Å². The van der Waals surface area contributed by atoms with Gasteiger partial charge in [0.25, 0.3) is 0 Å². The van der Waals surface area contributed by atoms with Gasteiger partial charge >= 0.3 is 10.8 Å². The molecule has 20 heavy (non-hydrogen) atoms. The molecule has 1 fully saturated rings. The number of hydrogen-bond acceptors (Lipinski definition) is 5. The van der Waals surface area contributed by atoms with E-state index in [1.165, 1.54) is 7.11 Å². The lowest BCUT2D eigenvalue weighted by Gasteiger charge is -2.22. The minimum absolute atomic E-state index is 0.0544. The Morgan fingerprint density at radius 3 is 2.85 bits per heavy atom. The molecule has 1 aromatic heterocycles. The molecule has 1 unspecified atom stereocenters. The summed E-state index contributed by atoms with van der Waals surface area (Å²) in [5, 5.41) is 1.78. The maximum Gasteiger partial charge on any atom is 0.328 e. The van der Waals surface area contributed by atoms with Crippen LogP contribution in [0, 0.1) is 6.92 Å². The van der Waals surface area contributed by atoms with Crippen LogP contribution < -0.4 is 4.87 Å². The van der Waals surface area contributed by atoms with E-state index in [2.05, 4.69) is 0 Å². The molecule has 7 heteroatoms. The molecule has 1 amide bonds. The first kappa shape index (κ1) is 14.8. The molecular formula is C13H18N2O4S. The van der Waals surface area contributed by atoms with Crippen LogP contribution in [-0.4, -0.2) is 41.0 Å². The first-order valence-electron chi connectivity index (χ1n) is 6.57. The smallest absolute Gasteiger partial charge is 0.328 e. The van der Waals surface area contributed by atoms with Gasteiger partial charge in [-0.2, -0.15) is 0 Å². The molecule has 0 radical (unpaired) electrons. The van der Waals surface area contributed by atoms with Crippen molar-refractivity contribution in [2.75, 3.05) is 13.7 Å². The summed E-state index contributed by atoms with van der Waals surface area (Å²) < 4.78 is 6.31. The van der Waals surface area contributed by atoms with Crippen molar-refractivity contribution < 1.29 is 14.3 Å². The van der Waals surface area contributed by atoms with Crippen molar-refractivity contribution in [3.05, 3.63) is 20.7 Å². The molecule has 2 rings (SSSR count). The van der Waals surface area contributed by atoms with Crippen LogP contribution in [0.15, 0.2) is 10.2 Å². The third kappa shape index (κ3) is 2.92. The minimum Gasteiger partial charge on any atom is -0.467 e. The summed E-state index contributed by atoms with van der Waals surface area (Å²) >= 11 is 1.13. The summed E-state index contributed by atoms with van der Waals surface area (Å²) in [5.41, 5.74) is 0.860. The van der Waals surface area contributed by atoms with E-state index in [0.29, 0.717) is 19.5 Å². The van der Waals surface area contributed by atoms with Crippen LogP contribution in [0.4, 0.5) is 0 Å². The molecule has 0 saturated carbocycles. The Hall–Kier alpha value is -1.63. The fourth-order valence-corrected chi connectivity index (χ4v) is 3.23. The number of aryl methyl sites for hydroxylation is 1. The summed E-state index contributed by atoms with van der Waals surface area (Å²) in [4.78, 5) is 36.9. The zero-order chi connectivity index (χ0) is 14.7. The van der Waals surface area contributed by atoms with Gasteiger partial charge in [-0.05, 0) is 19.8 Å². The average Bonchev–Trinajstić information content (AvgIpc) is 3.04. The molecule has 1 aromatic rings. The zero-order valence-electron chi connectivity index (χ0n) is 11.6. The standard InChI is InChI=1S/C13H18N2O4S/c1-9-8-20-13(18)14(9)7-5-11(16)15-6-3-4-10(15)12(17)19-2/h8,10H,3-7H2,1-2H3. The molecule has 6 nitrogen and oxygen atoms in total. The van der Waals surface area contributed by atoms with Gasteiger partial charge in [-0.25, -0.2) is 4.79 Å². The van der Waals surface area contributed by atoms with E-state index in [-0.39, 0.29) is 23.2 Å². The van der Waals surface area contributed by atoms with Crippen molar-refractivity contribution in [2.24, 2.45) is 0 Å². The number of amides is 1. The highest BCUT2D eigenvalue weighted by atomic mass is 32.1. The van der Waals surface area contributed by atoms with Crippen molar-refractivity contribution >= 4 is 23.2 Å². The molecule has 2 heterocycles. The second-order valence-corrected chi connectivity index (χ2v) is 5.63. The molecule has 1 aliphatic heterocycles. The van der Waals surface area contributed by atoms with Crippen molar-refractivity contribution in [1.82, 2.24) is 9.47 Å². The number of carbonyl (C=O) groups excluding carboxylic acids is 2. The quantitative estimate of drug-likeness (QED) is 0.770. The molecule has 1 saturated heterocycles. The van der Waals surface area contributed by atoms with Gasteiger partial charge in [-0.3, -0.25) is 9.59 Å². The Balaban J connectivity index is 1.98. The highest BCUT2D eigenvalue weighted by Gasteiger charge is 2.34. The summed E-state index contributed by atoms with van der Waals surface area (Å²) in [5.74, 6) is -0.463. The predicted molar refractivity (Wildman–Crippen MR) is 74.7 cm³/mol. The highest BCUT2D eigenvalue weighted by Crippen LogP contribution is 2.19. The lowest BCUT2D eigenvalue weighted by molar-refractivity contribution is -0.151. The Labute approximate surface area is 121 Å². The molecule has 0 spiro atoms. The molecule has 110 valence electrons. The minimum atomic E-state index is -0.465. The van der Waals surface area contributed by atoms with E-state index in [9.17, 15) is 14.4 Å². The number of aromatic nitrogens is 1. The topological polar surface area (TPSA) is 68.6 Å². The van der Waals surface area contributed by atoms with Crippen molar-refractivity contribution in [3.63, 3.8) is 0 Å². The number of hydrogen-bond donors (Lipinski definition) is 0. The molecular weight excluding hydrogens is 280 g/mol. The van der Waals surface area contributed by atoms with Crippen LogP contribution in [-0.2, 0) is 20.9 Å². The number of esters is 1. The number of likely N-dealkylation sites (tertiary alicyclic amines) is 1. The van der Waals surface area contributed by atoms with E-state index < -0.39 is 6.04 Å². The van der Waals surface area contributed by atoms with Crippen LogP contribution in [0.3, 0.4) is 0 Å². The number of thiazole rings is 1. The maximum absolute atomic E-state index is 12.2. The van der Waals surface area contributed by atoms with E-state index >= 15 is 0 Å². The van der Waals surface area contributed by atoms with Gasteiger partial charge in [-0.15, -0.1) is 0 Å². The lowest BCUT2D eigenvalue weighted by Crippen LogP contribution is -2.41. The Morgan fingerprint density at radius 1 is 1.50 bits per heavy atom. The molecule has 0 aromatic carbocycles. The second kappa shape index (κ2) is 6.21. The zero-order valence-corrected chi connectivity index (χ0v) is 12.4. The molecule has 0 bridgehead atoms. The van der Waals surface area contributed by atoms with Crippen LogP contribution in [0.1, 0.15) is 25.0 Å². The van der Waals surface area contributed by atoms with Crippen LogP contribution in [0.2, 0.25) is 0 Å². The largest absolute Gasteiger partial charge is 0.467 e. The third-order valence-electron chi connectivity index (χ3n) is 3.57. The Kier molecular flexibility index (Phi) is 4.59. The summed E-state index contributed by atoms with van der Waals surface area (Å²) in [6.45, 7) is 2.78. The van der Waals surface area contributed by atoms with Crippen molar-refractivity contribution in [2.45, 2.75) is 38.8 Å². The van der Waals surface area contributed by atoms with E-state index in [1.54, 1.807) is 14.8 Å². The van der Waals surface area contributed by atoms with E-state index in [1.807, 2.05) is 6.92 Å². The van der Waals surface area contributed by atoms with Crippen LogP contribution >= 0.6 is 11.3 Å². The molecule has 0 N–H and O–H groups in total. The predicted octanol–water partition coefficient (Wildman–Crippen LogP) is 0.772. The Morgan fingerprint density at radius 2 is 2.25 bits per heavy atom. The lowest BCUT2D eigenvalue weighted by atomic mass is 10.2. The van der Waals surface area contributed by atoms with Gasteiger partial charge in [0.1, 0.15) is 6.04 Å². The number of carbonyl (C=O) groups is 2.